The molecule has 0 aromatic heterocycles. The Morgan fingerprint density at radius 1 is 1.38 bits per heavy atom. The summed E-state index contributed by atoms with van der Waals surface area (Å²) in [6.07, 6.45) is 4.60. The van der Waals surface area contributed by atoms with Gasteiger partial charge in [-0.15, -0.1) is 12.4 Å². The van der Waals surface area contributed by atoms with E-state index < -0.39 is 0 Å². The maximum absolute atomic E-state index is 12.7. The van der Waals surface area contributed by atoms with Gasteiger partial charge in [0.15, 0.2) is 0 Å². The Labute approximate surface area is 149 Å². The van der Waals surface area contributed by atoms with Crippen molar-refractivity contribution in [2.45, 2.75) is 39.0 Å². The van der Waals surface area contributed by atoms with Gasteiger partial charge in [0.1, 0.15) is 0 Å². The highest BCUT2D eigenvalue weighted by atomic mass is 35.5. The van der Waals surface area contributed by atoms with Crippen molar-refractivity contribution in [1.82, 2.24) is 5.32 Å². The molecule has 1 atom stereocenters. The smallest absolute Gasteiger partial charge is 0.226 e. The number of hydrogen-bond acceptors (Lipinski definition) is 3. The zero-order chi connectivity index (χ0) is 16.2. The molecule has 1 fully saturated rings. The summed E-state index contributed by atoms with van der Waals surface area (Å²) in [6.45, 7) is 4.40. The van der Waals surface area contributed by atoms with Crippen LogP contribution in [0.15, 0.2) is 18.2 Å². The van der Waals surface area contributed by atoms with Crippen molar-refractivity contribution in [3.63, 3.8) is 0 Å². The number of carbonyl (C=O) groups is 2. The summed E-state index contributed by atoms with van der Waals surface area (Å²) in [6, 6.07) is 5.82. The van der Waals surface area contributed by atoms with E-state index in [-0.39, 0.29) is 24.2 Å². The van der Waals surface area contributed by atoms with Crippen molar-refractivity contribution in [3.8, 4) is 0 Å². The molecule has 0 saturated carbocycles. The quantitative estimate of drug-likeness (QED) is 0.876. The molecule has 0 aliphatic carbocycles. The van der Waals surface area contributed by atoms with Gasteiger partial charge in [0.05, 0.1) is 0 Å². The first-order valence-electron chi connectivity index (χ1n) is 8.55. The number of fused-ring (bicyclic) bond motifs is 1. The van der Waals surface area contributed by atoms with Crippen molar-refractivity contribution in [2.75, 3.05) is 29.9 Å². The predicted molar refractivity (Wildman–Crippen MR) is 98.9 cm³/mol. The number of anilines is 2. The molecule has 24 heavy (non-hydrogen) atoms. The first-order chi connectivity index (χ1) is 11.1. The van der Waals surface area contributed by atoms with Crippen LogP contribution in [-0.4, -0.2) is 31.4 Å². The fourth-order valence-electron chi connectivity index (χ4n) is 3.61. The van der Waals surface area contributed by atoms with Gasteiger partial charge in [-0.1, -0.05) is 6.07 Å². The van der Waals surface area contributed by atoms with Crippen LogP contribution in [0.1, 0.15) is 38.2 Å². The maximum Gasteiger partial charge on any atom is 0.226 e. The molecule has 1 aromatic carbocycles. The van der Waals surface area contributed by atoms with Crippen molar-refractivity contribution < 1.29 is 9.59 Å². The summed E-state index contributed by atoms with van der Waals surface area (Å²) < 4.78 is 0. The van der Waals surface area contributed by atoms with E-state index in [9.17, 15) is 9.59 Å². The van der Waals surface area contributed by atoms with Crippen LogP contribution in [-0.2, 0) is 16.0 Å². The van der Waals surface area contributed by atoms with Crippen molar-refractivity contribution in [2.24, 2.45) is 5.92 Å². The summed E-state index contributed by atoms with van der Waals surface area (Å²) in [4.78, 5) is 25.9. The molecular formula is C18H26ClN3O2. The third-order valence-corrected chi connectivity index (χ3v) is 4.79. The SMILES string of the molecule is CC(=O)Nc1cccc2c1CCCN2C(=O)CCC1CCNC1.Cl. The van der Waals surface area contributed by atoms with E-state index in [1.807, 2.05) is 23.1 Å². The molecule has 5 nitrogen and oxygen atoms in total. The highest BCUT2D eigenvalue weighted by Gasteiger charge is 2.25. The van der Waals surface area contributed by atoms with Crippen LogP contribution in [0.2, 0.25) is 0 Å². The van der Waals surface area contributed by atoms with E-state index in [1.54, 1.807) is 0 Å². The van der Waals surface area contributed by atoms with Gasteiger partial charge in [0, 0.05) is 31.3 Å². The van der Waals surface area contributed by atoms with Crippen molar-refractivity contribution >= 4 is 35.6 Å². The molecule has 2 heterocycles. The summed E-state index contributed by atoms with van der Waals surface area (Å²) in [5.41, 5.74) is 2.90. The average molecular weight is 352 g/mol. The molecular weight excluding hydrogens is 326 g/mol. The number of benzene rings is 1. The normalized spacial score (nSPS) is 19.4. The molecule has 0 bridgehead atoms. The lowest BCUT2D eigenvalue weighted by atomic mass is 9.97. The molecule has 0 radical (unpaired) electrons. The summed E-state index contributed by atoms with van der Waals surface area (Å²) in [7, 11) is 0. The lowest BCUT2D eigenvalue weighted by Gasteiger charge is -2.31. The van der Waals surface area contributed by atoms with Crippen LogP contribution in [0.4, 0.5) is 11.4 Å². The average Bonchev–Trinajstić information content (AvgIpc) is 3.05. The van der Waals surface area contributed by atoms with Crippen molar-refractivity contribution in [3.05, 3.63) is 23.8 Å². The second-order valence-electron chi connectivity index (χ2n) is 6.53. The Kier molecular flexibility index (Phi) is 6.63. The van der Waals surface area contributed by atoms with Crippen LogP contribution >= 0.6 is 12.4 Å². The second-order valence-corrected chi connectivity index (χ2v) is 6.53. The Hall–Kier alpha value is -1.59. The minimum Gasteiger partial charge on any atom is -0.326 e. The van der Waals surface area contributed by atoms with Gasteiger partial charge in [0.2, 0.25) is 11.8 Å². The van der Waals surface area contributed by atoms with E-state index in [2.05, 4.69) is 10.6 Å². The molecule has 2 aliphatic heterocycles. The van der Waals surface area contributed by atoms with Crippen LogP contribution in [0.5, 0.6) is 0 Å². The number of amides is 2. The van der Waals surface area contributed by atoms with E-state index in [0.29, 0.717) is 12.3 Å². The Morgan fingerprint density at radius 3 is 2.92 bits per heavy atom. The minimum atomic E-state index is -0.0735. The Balaban J connectivity index is 0.00000208. The first-order valence-corrected chi connectivity index (χ1v) is 8.55. The Bertz CT molecular complexity index is 600. The molecule has 2 aliphatic rings. The van der Waals surface area contributed by atoms with Gasteiger partial charge in [-0.3, -0.25) is 9.59 Å². The summed E-state index contributed by atoms with van der Waals surface area (Å²) in [5.74, 6) is 0.766. The first kappa shape index (κ1) is 18.7. The van der Waals surface area contributed by atoms with Gasteiger partial charge in [0.25, 0.3) is 0 Å². The van der Waals surface area contributed by atoms with E-state index in [1.165, 1.54) is 13.3 Å². The fourth-order valence-corrected chi connectivity index (χ4v) is 3.61. The number of carbonyl (C=O) groups excluding carboxylic acids is 2. The minimum absolute atomic E-state index is 0. The van der Waals surface area contributed by atoms with Crippen LogP contribution < -0.4 is 15.5 Å². The van der Waals surface area contributed by atoms with Crippen LogP contribution in [0.25, 0.3) is 0 Å². The highest BCUT2D eigenvalue weighted by molar-refractivity contribution is 5.97. The maximum atomic E-state index is 12.7. The van der Waals surface area contributed by atoms with Crippen LogP contribution in [0, 0.1) is 5.92 Å². The number of nitrogens with zero attached hydrogens (tertiary/aromatic N) is 1. The van der Waals surface area contributed by atoms with Gasteiger partial charge in [-0.05, 0) is 62.4 Å². The van der Waals surface area contributed by atoms with E-state index in [4.69, 9.17) is 0 Å². The Morgan fingerprint density at radius 2 is 2.21 bits per heavy atom. The number of rotatable bonds is 4. The summed E-state index contributed by atoms with van der Waals surface area (Å²) in [5, 5.41) is 6.24. The van der Waals surface area contributed by atoms with Gasteiger partial charge in [-0.25, -0.2) is 0 Å². The standard InChI is InChI=1S/C18H25N3O2.ClH/c1-13(22)20-16-5-2-6-17-15(16)4-3-11-21(17)18(23)8-7-14-9-10-19-12-14;/h2,5-6,14,19H,3-4,7-12H2,1H3,(H,20,22);1H. The lowest BCUT2D eigenvalue weighted by molar-refractivity contribution is -0.119. The van der Waals surface area contributed by atoms with E-state index >= 15 is 0 Å². The summed E-state index contributed by atoms with van der Waals surface area (Å²) >= 11 is 0. The number of nitrogens with one attached hydrogen (secondary N) is 2. The van der Waals surface area contributed by atoms with Crippen molar-refractivity contribution in [1.29, 1.82) is 0 Å². The third-order valence-electron chi connectivity index (χ3n) is 4.79. The van der Waals surface area contributed by atoms with Gasteiger partial charge in [-0.2, -0.15) is 0 Å². The molecule has 6 heteroatoms. The lowest BCUT2D eigenvalue weighted by Crippen LogP contribution is -2.36. The highest BCUT2D eigenvalue weighted by Crippen LogP contribution is 2.33. The predicted octanol–water partition coefficient (Wildman–Crippen LogP) is 2.74. The monoisotopic (exact) mass is 351 g/mol. The number of halogens is 1. The molecule has 1 aromatic rings. The molecule has 2 amide bonds. The zero-order valence-electron chi connectivity index (χ0n) is 14.1. The van der Waals surface area contributed by atoms with Crippen LogP contribution in [0.3, 0.4) is 0 Å². The molecule has 1 unspecified atom stereocenters. The second kappa shape index (κ2) is 8.49. The molecule has 1 saturated heterocycles. The molecule has 3 rings (SSSR count). The molecule has 132 valence electrons. The van der Waals surface area contributed by atoms with Gasteiger partial charge < -0.3 is 15.5 Å². The van der Waals surface area contributed by atoms with E-state index in [0.717, 1.165) is 55.8 Å². The van der Waals surface area contributed by atoms with Gasteiger partial charge >= 0.3 is 0 Å². The molecule has 0 spiro atoms. The topological polar surface area (TPSA) is 61.4 Å². The zero-order valence-corrected chi connectivity index (χ0v) is 15.0. The largest absolute Gasteiger partial charge is 0.326 e. The third kappa shape index (κ3) is 4.28. The molecule has 2 N–H and O–H groups in total. The fraction of sp³-hybridized carbons (Fsp3) is 0.556. The number of hydrogen-bond donors (Lipinski definition) is 2.